The van der Waals surface area contributed by atoms with E-state index >= 15 is 0 Å². The van der Waals surface area contributed by atoms with Gasteiger partial charge in [0.05, 0.1) is 25.9 Å². The summed E-state index contributed by atoms with van der Waals surface area (Å²) in [6.45, 7) is 8.15. The molecule has 0 radical (unpaired) electrons. The molecule has 0 aromatic heterocycles. The largest absolute Gasteiger partial charge is 0.494 e. The van der Waals surface area contributed by atoms with Crippen LogP contribution in [0.2, 0.25) is 0 Å². The second-order valence-electron chi connectivity index (χ2n) is 4.74. The fourth-order valence-corrected chi connectivity index (χ4v) is 1.69. The molecule has 0 aliphatic rings. The van der Waals surface area contributed by atoms with Crippen LogP contribution in [0.5, 0.6) is 5.75 Å². The monoisotopic (exact) mass is 282 g/mol. The maximum Gasteiger partial charge on any atom is 0.119 e. The molecule has 0 heterocycles. The van der Waals surface area contributed by atoms with Crippen molar-refractivity contribution in [1.82, 2.24) is 0 Å². The van der Waals surface area contributed by atoms with Crippen LogP contribution in [0.1, 0.15) is 38.9 Å². The summed E-state index contributed by atoms with van der Waals surface area (Å²) in [6.07, 6.45) is 0.340. The molecule has 1 N–H and O–H groups in total. The van der Waals surface area contributed by atoms with Gasteiger partial charge in [-0.15, -0.1) is 0 Å². The van der Waals surface area contributed by atoms with Gasteiger partial charge in [-0.05, 0) is 38.0 Å². The van der Waals surface area contributed by atoms with Gasteiger partial charge >= 0.3 is 0 Å². The van der Waals surface area contributed by atoms with Crippen LogP contribution in [-0.2, 0) is 9.47 Å². The van der Waals surface area contributed by atoms with E-state index in [1.165, 1.54) is 0 Å². The molecule has 0 bridgehead atoms. The molecular weight excluding hydrogens is 256 g/mol. The first kappa shape index (κ1) is 17.0. The Morgan fingerprint density at radius 1 is 1.10 bits per heavy atom. The van der Waals surface area contributed by atoms with Gasteiger partial charge in [-0.3, -0.25) is 0 Å². The Kier molecular flexibility index (Phi) is 8.26. The first-order valence-corrected chi connectivity index (χ1v) is 7.27. The molecule has 20 heavy (non-hydrogen) atoms. The molecule has 0 aliphatic heterocycles. The highest BCUT2D eigenvalue weighted by Crippen LogP contribution is 2.18. The van der Waals surface area contributed by atoms with Gasteiger partial charge in [-0.1, -0.05) is 19.1 Å². The quantitative estimate of drug-likeness (QED) is 0.717. The molecule has 0 saturated heterocycles. The molecule has 114 valence electrons. The van der Waals surface area contributed by atoms with Crippen LogP contribution in [0.25, 0.3) is 0 Å². The first-order valence-electron chi connectivity index (χ1n) is 7.27. The highest BCUT2D eigenvalue weighted by molar-refractivity contribution is 5.28. The van der Waals surface area contributed by atoms with Crippen molar-refractivity contribution in [3.63, 3.8) is 0 Å². The lowest BCUT2D eigenvalue weighted by Crippen LogP contribution is -2.19. The number of rotatable bonds is 10. The minimum atomic E-state index is -0.626. The topological polar surface area (TPSA) is 47.9 Å². The predicted molar refractivity (Wildman–Crippen MR) is 79.1 cm³/mol. The molecule has 1 aromatic carbocycles. The first-order chi connectivity index (χ1) is 9.67. The smallest absolute Gasteiger partial charge is 0.119 e. The third-order valence-corrected chi connectivity index (χ3v) is 2.83. The molecule has 4 nitrogen and oxygen atoms in total. The molecule has 0 aliphatic carbocycles. The average molecular weight is 282 g/mol. The number of benzene rings is 1. The van der Waals surface area contributed by atoms with Gasteiger partial charge in [-0.2, -0.15) is 0 Å². The SMILES string of the molecule is CCCOc1ccc(C(O)COC(C)COCC)cc1. The normalized spacial score (nSPS) is 14.0. The second kappa shape index (κ2) is 9.75. The highest BCUT2D eigenvalue weighted by Gasteiger charge is 2.10. The summed E-state index contributed by atoms with van der Waals surface area (Å²) in [7, 11) is 0. The molecule has 0 fully saturated rings. The van der Waals surface area contributed by atoms with Crippen LogP contribution in [0.15, 0.2) is 24.3 Å². The van der Waals surface area contributed by atoms with Crippen LogP contribution in [0.4, 0.5) is 0 Å². The van der Waals surface area contributed by atoms with Crippen molar-refractivity contribution in [2.75, 3.05) is 26.4 Å². The maximum atomic E-state index is 10.1. The maximum absolute atomic E-state index is 10.1. The third-order valence-electron chi connectivity index (χ3n) is 2.83. The van der Waals surface area contributed by atoms with Crippen molar-refractivity contribution < 1.29 is 19.3 Å². The minimum Gasteiger partial charge on any atom is -0.494 e. The molecule has 1 aromatic rings. The zero-order valence-electron chi connectivity index (χ0n) is 12.7. The van der Waals surface area contributed by atoms with Gasteiger partial charge in [-0.25, -0.2) is 0 Å². The van der Waals surface area contributed by atoms with Crippen molar-refractivity contribution in [1.29, 1.82) is 0 Å². The van der Waals surface area contributed by atoms with Crippen LogP contribution in [0, 0.1) is 0 Å². The van der Waals surface area contributed by atoms with Gasteiger partial charge in [0.25, 0.3) is 0 Å². The van der Waals surface area contributed by atoms with E-state index in [-0.39, 0.29) is 12.7 Å². The molecular formula is C16H26O4. The van der Waals surface area contributed by atoms with E-state index in [9.17, 15) is 5.11 Å². The number of ether oxygens (including phenoxy) is 3. The Labute approximate surface area is 121 Å². The van der Waals surface area contributed by atoms with E-state index in [1.54, 1.807) is 0 Å². The Morgan fingerprint density at radius 2 is 1.80 bits per heavy atom. The molecule has 0 amide bonds. The Morgan fingerprint density at radius 3 is 2.40 bits per heavy atom. The Hall–Kier alpha value is -1.10. The van der Waals surface area contributed by atoms with Crippen LogP contribution >= 0.6 is 0 Å². The summed E-state index contributed by atoms with van der Waals surface area (Å²) in [6, 6.07) is 7.48. The lowest BCUT2D eigenvalue weighted by Gasteiger charge is -2.17. The Balaban J connectivity index is 2.37. The highest BCUT2D eigenvalue weighted by atomic mass is 16.5. The molecule has 1 rings (SSSR count). The molecule has 2 atom stereocenters. The van der Waals surface area contributed by atoms with Gasteiger partial charge in [0.1, 0.15) is 11.9 Å². The number of aliphatic hydroxyl groups excluding tert-OH is 1. The number of hydrogen-bond acceptors (Lipinski definition) is 4. The summed E-state index contributed by atoms with van der Waals surface area (Å²) < 4.78 is 16.3. The van der Waals surface area contributed by atoms with Crippen molar-refractivity contribution in [3.05, 3.63) is 29.8 Å². The molecule has 2 unspecified atom stereocenters. The zero-order valence-corrected chi connectivity index (χ0v) is 12.7. The van der Waals surface area contributed by atoms with Crippen molar-refractivity contribution in [3.8, 4) is 5.75 Å². The zero-order chi connectivity index (χ0) is 14.8. The Bertz CT molecular complexity index is 350. The lowest BCUT2D eigenvalue weighted by atomic mass is 10.1. The summed E-state index contributed by atoms with van der Waals surface area (Å²) in [5, 5.41) is 10.1. The third kappa shape index (κ3) is 6.37. The predicted octanol–water partition coefficient (Wildman–Crippen LogP) is 2.95. The van der Waals surface area contributed by atoms with Gasteiger partial charge in [0.15, 0.2) is 0 Å². The summed E-state index contributed by atoms with van der Waals surface area (Å²) in [5.41, 5.74) is 0.831. The van der Waals surface area contributed by atoms with Gasteiger partial charge < -0.3 is 19.3 Å². The van der Waals surface area contributed by atoms with E-state index in [1.807, 2.05) is 38.1 Å². The molecule has 0 spiro atoms. The van der Waals surface area contributed by atoms with Gasteiger partial charge in [0, 0.05) is 6.61 Å². The van der Waals surface area contributed by atoms with Crippen LogP contribution in [-0.4, -0.2) is 37.6 Å². The van der Waals surface area contributed by atoms with Gasteiger partial charge in [0.2, 0.25) is 0 Å². The van der Waals surface area contributed by atoms with E-state index in [4.69, 9.17) is 14.2 Å². The summed E-state index contributed by atoms with van der Waals surface area (Å²) >= 11 is 0. The number of aliphatic hydroxyl groups is 1. The van der Waals surface area contributed by atoms with Crippen LogP contribution in [0.3, 0.4) is 0 Å². The minimum absolute atomic E-state index is 0.0169. The average Bonchev–Trinajstić information content (AvgIpc) is 2.49. The number of hydrogen-bond donors (Lipinski definition) is 1. The van der Waals surface area contributed by atoms with E-state index in [0.717, 1.165) is 17.7 Å². The lowest BCUT2D eigenvalue weighted by molar-refractivity contribution is -0.0395. The standard InChI is InChI=1S/C16H26O4/c1-4-10-19-15-8-6-14(7-9-15)16(17)12-20-13(3)11-18-5-2/h6-9,13,16-17H,4-5,10-12H2,1-3H3. The van der Waals surface area contributed by atoms with Crippen molar-refractivity contribution >= 4 is 0 Å². The van der Waals surface area contributed by atoms with E-state index < -0.39 is 6.10 Å². The van der Waals surface area contributed by atoms with Crippen LogP contribution < -0.4 is 4.74 Å². The molecule has 4 heteroatoms. The molecule has 0 saturated carbocycles. The van der Waals surface area contributed by atoms with Crippen molar-refractivity contribution in [2.24, 2.45) is 0 Å². The summed E-state index contributed by atoms with van der Waals surface area (Å²) in [4.78, 5) is 0. The summed E-state index contributed by atoms with van der Waals surface area (Å²) in [5.74, 6) is 0.827. The van der Waals surface area contributed by atoms with E-state index in [2.05, 4.69) is 6.92 Å². The van der Waals surface area contributed by atoms with E-state index in [0.29, 0.717) is 19.8 Å². The second-order valence-corrected chi connectivity index (χ2v) is 4.74. The van der Waals surface area contributed by atoms with Crippen molar-refractivity contribution in [2.45, 2.75) is 39.4 Å². The fraction of sp³-hybridized carbons (Fsp3) is 0.625. The fourth-order valence-electron chi connectivity index (χ4n) is 1.69.